The summed E-state index contributed by atoms with van der Waals surface area (Å²) in [7, 11) is -3.68. The normalized spacial score (nSPS) is 18.0. The van der Waals surface area contributed by atoms with Crippen LogP contribution in [0.2, 0.25) is 0 Å². The second-order valence-corrected chi connectivity index (χ2v) is 12.6. The molecule has 0 N–H and O–H groups in total. The van der Waals surface area contributed by atoms with Crippen molar-refractivity contribution in [2.45, 2.75) is 24.7 Å². The third kappa shape index (κ3) is 5.48. The van der Waals surface area contributed by atoms with E-state index in [1.807, 2.05) is 42.6 Å². The SMILES string of the molecule is CCCCN1C(=O)C(=Cc2cn(-c3ccccc3)nc2-c2cccc(S(=O)(=O)N3CCOCC3)c2)SC1=S. The van der Waals surface area contributed by atoms with Crippen LogP contribution in [0.25, 0.3) is 23.0 Å². The molecule has 2 fully saturated rings. The highest BCUT2D eigenvalue weighted by molar-refractivity contribution is 8.26. The Bertz CT molecular complexity index is 1480. The molecule has 11 heteroatoms. The summed E-state index contributed by atoms with van der Waals surface area (Å²) < 4.78 is 35.7. The molecule has 0 atom stereocenters. The molecule has 1 amide bonds. The van der Waals surface area contributed by atoms with Gasteiger partial charge in [-0.3, -0.25) is 9.69 Å². The molecular weight excluding hydrogens is 541 g/mol. The number of morpholine rings is 1. The van der Waals surface area contributed by atoms with Gasteiger partial charge in [0.25, 0.3) is 5.91 Å². The molecule has 2 aliphatic heterocycles. The van der Waals surface area contributed by atoms with Crippen LogP contribution in [-0.2, 0) is 19.6 Å². The molecule has 1 aromatic heterocycles. The Morgan fingerprint density at radius 2 is 1.87 bits per heavy atom. The number of hydrogen-bond donors (Lipinski definition) is 0. The van der Waals surface area contributed by atoms with Gasteiger partial charge in [0.2, 0.25) is 10.0 Å². The van der Waals surface area contributed by atoms with Gasteiger partial charge in [0.05, 0.1) is 28.7 Å². The fourth-order valence-corrected chi connectivity index (χ4v) is 7.07. The smallest absolute Gasteiger partial charge is 0.266 e. The summed E-state index contributed by atoms with van der Waals surface area (Å²) in [6.45, 7) is 4.06. The zero-order chi connectivity index (χ0) is 26.7. The standard InChI is InChI=1S/C27H28N4O4S3/c1-2-3-12-30-26(32)24(37-27(30)36)18-21-19-31(22-9-5-4-6-10-22)28-25(21)20-8-7-11-23(17-20)38(33,34)29-13-15-35-16-14-29/h4-11,17-19H,2-3,12-16H2,1H3. The lowest BCUT2D eigenvalue weighted by atomic mass is 10.1. The van der Waals surface area contributed by atoms with Crippen LogP contribution in [-0.4, -0.2) is 70.5 Å². The fourth-order valence-electron chi connectivity index (χ4n) is 4.32. The average Bonchev–Trinajstić information content (AvgIpc) is 3.48. The van der Waals surface area contributed by atoms with Crippen molar-refractivity contribution < 1.29 is 17.9 Å². The van der Waals surface area contributed by atoms with Crippen molar-refractivity contribution >= 4 is 50.3 Å². The molecule has 38 heavy (non-hydrogen) atoms. The van der Waals surface area contributed by atoms with Crippen molar-refractivity contribution in [2.24, 2.45) is 0 Å². The maximum atomic E-state index is 13.3. The lowest BCUT2D eigenvalue weighted by Crippen LogP contribution is -2.40. The summed E-state index contributed by atoms with van der Waals surface area (Å²) in [5, 5.41) is 4.82. The highest BCUT2D eigenvalue weighted by atomic mass is 32.2. The molecule has 3 aromatic rings. The van der Waals surface area contributed by atoms with Crippen molar-refractivity contribution in [3.05, 3.63) is 71.3 Å². The summed E-state index contributed by atoms with van der Waals surface area (Å²) >= 11 is 6.76. The van der Waals surface area contributed by atoms with Gasteiger partial charge in [0.15, 0.2) is 0 Å². The lowest BCUT2D eigenvalue weighted by Gasteiger charge is -2.26. The predicted molar refractivity (Wildman–Crippen MR) is 153 cm³/mol. The number of unbranched alkanes of at least 4 members (excludes halogenated alkanes) is 1. The molecule has 198 valence electrons. The molecule has 0 spiro atoms. The minimum atomic E-state index is -3.68. The van der Waals surface area contributed by atoms with Crippen LogP contribution in [0, 0.1) is 0 Å². The number of ether oxygens (including phenoxy) is 1. The Morgan fingerprint density at radius 1 is 1.11 bits per heavy atom. The molecule has 8 nitrogen and oxygen atoms in total. The van der Waals surface area contributed by atoms with Gasteiger partial charge in [-0.25, -0.2) is 13.1 Å². The van der Waals surface area contributed by atoms with Crippen molar-refractivity contribution in [2.75, 3.05) is 32.8 Å². The van der Waals surface area contributed by atoms with E-state index in [4.69, 9.17) is 22.1 Å². The minimum absolute atomic E-state index is 0.115. The summed E-state index contributed by atoms with van der Waals surface area (Å²) in [6.07, 6.45) is 5.50. The number of thiocarbonyl (C=S) groups is 1. The van der Waals surface area contributed by atoms with Crippen LogP contribution >= 0.6 is 24.0 Å². The molecule has 0 saturated carbocycles. The Balaban J connectivity index is 1.56. The van der Waals surface area contributed by atoms with Gasteiger partial charge in [0.1, 0.15) is 10.0 Å². The van der Waals surface area contributed by atoms with Crippen LogP contribution < -0.4 is 0 Å². The van der Waals surface area contributed by atoms with Crippen molar-refractivity contribution in [3.63, 3.8) is 0 Å². The quantitative estimate of drug-likeness (QED) is 0.291. The predicted octanol–water partition coefficient (Wildman–Crippen LogP) is 4.56. The van der Waals surface area contributed by atoms with Crippen molar-refractivity contribution in [3.8, 4) is 16.9 Å². The second-order valence-electron chi connectivity index (χ2n) is 8.94. The number of carbonyl (C=O) groups excluding carboxylic acids is 1. The van der Waals surface area contributed by atoms with E-state index in [-0.39, 0.29) is 10.8 Å². The first-order valence-corrected chi connectivity index (χ1v) is 15.1. The number of hydrogen-bond acceptors (Lipinski definition) is 7. The van der Waals surface area contributed by atoms with Crippen molar-refractivity contribution in [1.29, 1.82) is 0 Å². The van der Waals surface area contributed by atoms with Gasteiger partial charge in [-0.2, -0.15) is 9.40 Å². The van der Waals surface area contributed by atoms with E-state index in [2.05, 4.69) is 6.92 Å². The number of sulfonamides is 1. The summed E-state index contributed by atoms with van der Waals surface area (Å²) in [5.41, 5.74) is 2.76. The van der Waals surface area contributed by atoms with E-state index < -0.39 is 10.0 Å². The first-order chi connectivity index (χ1) is 18.4. The number of rotatable bonds is 8. The Kier molecular flexibility index (Phi) is 8.10. The number of aromatic nitrogens is 2. The van der Waals surface area contributed by atoms with E-state index >= 15 is 0 Å². The summed E-state index contributed by atoms with van der Waals surface area (Å²) in [5.74, 6) is -0.115. The number of amides is 1. The molecule has 2 aliphatic rings. The molecule has 5 rings (SSSR count). The molecule has 2 saturated heterocycles. The van der Waals surface area contributed by atoms with Gasteiger partial charge in [-0.1, -0.05) is 67.7 Å². The second kappa shape index (κ2) is 11.5. The maximum Gasteiger partial charge on any atom is 0.266 e. The average molecular weight is 569 g/mol. The van der Waals surface area contributed by atoms with Crippen LogP contribution in [0.1, 0.15) is 25.3 Å². The first kappa shape index (κ1) is 26.8. The molecule has 2 aromatic carbocycles. The van der Waals surface area contributed by atoms with Crippen LogP contribution in [0.5, 0.6) is 0 Å². The number of para-hydroxylation sites is 1. The molecule has 0 bridgehead atoms. The van der Waals surface area contributed by atoms with E-state index in [0.29, 0.717) is 58.9 Å². The van der Waals surface area contributed by atoms with E-state index in [9.17, 15) is 13.2 Å². The molecule has 0 aliphatic carbocycles. The summed E-state index contributed by atoms with van der Waals surface area (Å²) in [6, 6.07) is 16.4. The van der Waals surface area contributed by atoms with E-state index in [0.717, 1.165) is 18.5 Å². The highest BCUT2D eigenvalue weighted by Crippen LogP contribution is 2.35. The number of thioether (sulfide) groups is 1. The van der Waals surface area contributed by atoms with Gasteiger partial charge in [-0.15, -0.1) is 0 Å². The molecular formula is C27H28N4O4S3. The zero-order valence-electron chi connectivity index (χ0n) is 20.9. The lowest BCUT2D eigenvalue weighted by molar-refractivity contribution is -0.122. The van der Waals surface area contributed by atoms with Crippen LogP contribution in [0.3, 0.4) is 0 Å². The van der Waals surface area contributed by atoms with Crippen molar-refractivity contribution in [1.82, 2.24) is 19.0 Å². The van der Waals surface area contributed by atoms with Gasteiger partial charge in [-0.05, 0) is 36.8 Å². The van der Waals surface area contributed by atoms with Gasteiger partial charge < -0.3 is 4.74 Å². The molecule has 0 unspecified atom stereocenters. The third-order valence-electron chi connectivity index (χ3n) is 6.37. The molecule has 0 radical (unpaired) electrons. The fraction of sp³-hybridized carbons (Fsp3) is 0.296. The summed E-state index contributed by atoms with van der Waals surface area (Å²) in [4.78, 5) is 15.5. The number of nitrogens with zero attached hydrogens (tertiary/aromatic N) is 4. The Labute approximate surface area is 232 Å². The molecule has 3 heterocycles. The minimum Gasteiger partial charge on any atom is -0.379 e. The largest absolute Gasteiger partial charge is 0.379 e. The monoisotopic (exact) mass is 568 g/mol. The first-order valence-electron chi connectivity index (χ1n) is 12.5. The Hall–Kier alpha value is -2.83. The van der Waals surface area contributed by atoms with E-state index in [1.165, 1.54) is 16.1 Å². The topological polar surface area (TPSA) is 84.7 Å². The Morgan fingerprint density at radius 3 is 2.61 bits per heavy atom. The number of carbonyl (C=O) groups is 1. The van der Waals surface area contributed by atoms with Crippen LogP contribution in [0.4, 0.5) is 0 Å². The van der Waals surface area contributed by atoms with E-state index in [1.54, 1.807) is 33.9 Å². The number of benzene rings is 2. The van der Waals surface area contributed by atoms with Gasteiger partial charge in [0, 0.05) is 37.0 Å². The maximum absolute atomic E-state index is 13.3. The zero-order valence-corrected chi connectivity index (χ0v) is 23.4. The third-order valence-corrected chi connectivity index (χ3v) is 9.65. The highest BCUT2D eigenvalue weighted by Gasteiger charge is 2.32. The van der Waals surface area contributed by atoms with Gasteiger partial charge >= 0.3 is 0 Å². The van der Waals surface area contributed by atoms with Crippen LogP contribution in [0.15, 0.2) is 70.6 Å².